The maximum absolute atomic E-state index is 12.1. The highest BCUT2D eigenvalue weighted by Crippen LogP contribution is 2.33. The van der Waals surface area contributed by atoms with Crippen LogP contribution in [0.1, 0.15) is 11.9 Å². The van der Waals surface area contributed by atoms with Crippen molar-refractivity contribution in [3.05, 3.63) is 59.9 Å². The fourth-order valence-electron chi connectivity index (χ4n) is 3.82. The van der Waals surface area contributed by atoms with Gasteiger partial charge in [-0.3, -0.25) is 19.3 Å². The molecular formula is C22H21ClN8O4. The van der Waals surface area contributed by atoms with Crippen LogP contribution in [-0.4, -0.2) is 71.0 Å². The van der Waals surface area contributed by atoms with Gasteiger partial charge in [0.2, 0.25) is 0 Å². The number of aromatic nitrogens is 6. The topological polar surface area (TPSA) is 160 Å². The van der Waals surface area contributed by atoms with Crippen molar-refractivity contribution in [1.29, 1.82) is 0 Å². The van der Waals surface area contributed by atoms with Gasteiger partial charge in [-0.15, -0.1) is 0 Å². The molecule has 4 N–H and O–H groups in total. The number of carbonyl (C=O) groups is 1. The minimum atomic E-state index is -1.43. The highest BCUT2D eigenvalue weighted by molar-refractivity contribution is 6.30. The number of pyridine rings is 2. The largest absolute Gasteiger partial charge is 0.387 e. The molecule has 4 atom stereocenters. The molecule has 0 aromatic carbocycles. The van der Waals surface area contributed by atoms with Crippen LogP contribution in [0.25, 0.3) is 22.6 Å². The van der Waals surface area contributed by atoms with Crippen LogP contribution in [0.5, 0.6) is 0 Å². The Morgan fingerprint density at radius 2 is 2.06 bits per heavy atom. The van der Waals surface area contributed by atoms with Gasteiger partial charge in [0, 0.05) is 36.2 Å². The van der Waals surface area contributed by atoms with Crippen LogP contribution < -0.4 is 10.6 Å². The van der Waals surface area contributed by atoms with Gasteiger partial charge in [-0.05, 0) is 24.3 Å². The Morgan fingerprint density at radius 1 is 1.20 bits per heavy atom. The molecule has 1 aliphatic heterocycles. The summed E-state index contributed by atoms with van der Waals surface area (Å²) in [5.41, 5.74) is 2.07. The lowest BCUT2D eigenvalue weighted by Crippen LogP contribution is -2.41. The third-order valence-corrected chi connectivity index (χ3v) is 5.81. The van der Waals surface area contributed by atoms with E-state index in [1.165, 1.54) is 17.9 Å². The Hall–Kier alpha value is -3.71. The first-order valence-corrected chi connectivity index (χ1v) is 11.1. The number of carbonyl (C=O) groups excluding carboxylic acids is 1. The molecule has 1 saturated heterocycles. The lowest BCUT2D eigenvalue weighted by atomic mass is 10.1. The smallest absolute Gasteiger partial charge is 0.251 e. The zero-order valence-electron chi connectivity index (χ0n) is 18.4. The maximum atomic E-state index is 12.1. The third kappa shape index (κ3) is 4.39. The van der Waals surface area contributed by atoms with Crippen LogP contribution in [0.4, 0.5) is 5.82 Å². The number of rotatable bonds is 6. The summed E-state index contributed by atoms with van der Waals surface area (Å²) < 4.78 is 7.18. The standard InChI is InChI=1S/C22H21ClN8O4/c1-24-21(34)17-15(32)16(33)22(35-17)31-10-28-14-19(27-9-13-7-12(23)4-6-26-13)29-18(30-20(14)31)11-3-2-5-25-8-11/h2-8,10,15-17,22,32-33H,9H2,1H3,(H,24,34)(H,27,29,30)/t15-,16+,17-,22+/m0/s1. The molecule has 1 aliphatic rings. The van der Waals surface area contributed by atoms with Crippen LogP contribution in [0, 0.1) is 0 Å². The molecule has 0 aliphatic carbocycles. The quantitative estimate of drug-likeness (QED) is 0.302. The van der Waals surface area contributed by atoms with Gasteiger partial charge < -0.3 is 25.6 Å². The van der Waals surface area contributed by atoms with E-state index in [0.717, 1.165) is 0 Å². The summed E-state index contributed by atoms with van der Waals surface area (Å²) >= 11 is 6.07. The lowest BCUT2D eigenvalue weighted by molar-refractivity contribution is -0.137. The van der Waals surface area contributed by atoms with Gasteiger partial charge in [-0.1, -0.05) is 11.6 Å². The number of fused-ring (bicyclic) bond motifs is 1. The number of aliphatic hydroxyl groups excluding tert-OH is 2. The molecular weight excluding hydrogens is 476 g/mol. The van der Waals surface area contributed by atoms with E-state index in [9.17, 15) is 15.0 Å². The highest BCUT2D eigenvalue weighted by atomic mass is 35.5. The molecule has 4 aromatic rings. The number of hydrogen-bond acceptors (Lipinski definition) is 10. The molecule has 12 nitrogen and oxygen atoms in total. The zero-order valence-corrected chi connectivity index (χ0v) is 19.2. The maximum Gasteiger partial charge on any atom is 0.251 e. The van der Waals surface area contributed by atoms with E-state index < -0.39 is 30.4 Å². The van der Waals surface area contributed by atoms with Crippen LogP contribution in [0.3, 0.4) is 0 Å². The summed E-state index contributed by atoms with van der Waals surface area (Å²) in [6.45, 7) is 0.312. The summed E-state index contributed by atoms with van der Waals surface area (Å²) in [6.07, 6.45) is 1.12. The normalized spacial score (nSPS) is 21.8. The predicted molar refractivity (Wildman–Crippen MR) is 125 cm³/mol. The van der Waals surface area contributed by atoms with Crippen molar-refractivity contribution >= 4 is 34.5 Å². The fourth-order valence-corrected chi connectivity index (χ4v) is 4.00. The first-order valence-electron chi connectivity index (χ1n) is 10.7. The summed E-state index contributed by atoms with van der Waals surface area (Å²) in [5, 5.41) is 27.2. The third-order valence-electron chi connectivity index (χ3n) is 5.57. The molecule has 180 valence electrons. The molecule has 1 fully saturated rings. The van der Waals surface area contributed by atoms with Gasteiger partial charge in [0.15, 0.2) is 35.1 Å². The number of nitrogens with one attached hydrogen (secondary N) is 2. The Balaban J connectivity index is 1.57. The molecule has 4 aromatic heterocycles. The number of likely N-dealkylation sites (N-methyl/N-ethyl adjacent to an activating group) is 1. The Morgan fingerprint density at radius 3 is 2.80 bits per heavy atom. The first-order chi connectivity index (χ1) is 17.0. The van der Waals surface area contributed by atoms with E-state index in [0.29, 0.717) is 45.6 Å². The predicted octanol–water partition coefficient (Wildman–Crippen LogP) is 0.914. The first kappa shape index (κ1) is 23.1. The van der Waals surface area contributed by atoms with E-state index in [2.05, 4.69) is 35.6 Å². The molecule has 35 heavy (non-hydrogen) atoms. The van der Waals surface area contributed by atoms with Crippen molar-refractivity contribution in [2.75, 3.05) is 12.4 Å². The minimum absolute atomic E-state index is 0.312. The van der Waals surface area contributed by atoms with Crippen molar-refractivity contribution in [2.24, 2.45) is 0 Å². The van der Waals surface area contributed by atoms with Gasteiger partial charge >= 0.3 is 0 Å². The fraction of sp³-hybridized carbons (Fsp3) is 0.273. The molecule has 5 rings (SSSR count). The number of nitrogens with zero attached hydrogens (tertiary/aromatic N) is 6. The van der Waals surface area contributed by atoms with E-state index >= 15 is 0 Å². The van der Waals surface area contributed by atoms with Crippen LogP contribution in [0.2, 0.25) is 5.02 Å². The Labute approximate surface area is 204 Å². The molecule has 0 radical (unpaired) electrons. The summed E-state index contributed by atoms with van der Waals surface area (Å²) in [4.78, 5) is 34.2. The molecule has 0 bridgehead atoms. The van der Waals surface area contributed by atoms with E-state index in [1.54, 1.807) is 36.8 Å². The monoisotopic (exact) mass is 496 g/mol. The van der Waals surface area contributed by atoms with E-state index in [1.807, 2.05) is 6.07 Å². The van der Waals surface area contributed by atoms with Gasteiger partial charge in [0.25, 0.3) is 5.91 Å². The number of halogens is 1. The second kappa shape index (κ2) is 9.50. The van der Waals surface area contributed by atoms with Gasteiger partial charge in [-0.25, -0.2) is 15.0 Å². The summed E-state index contributed by atoms with van der Waals surface area (Å²) in [5.74, 6) is 0.209. The van der Waals surface area contributed by atoms with Gasteiger partial charge in [0.05, 0.1) is 18.6 Å². The number of ether oxygens (including phenoxy) is 1. The van der Waals surface area contributed by atoms with Crippen molar-refractivity contribution in [1.82, 2.24) is 34.8 Å². The summed E-state index contributed by atoms with van der Waals surface area (Å²) in [6, 6.07) is 6.99. The van der Waals surface area contributed by atoms with Crippen molar-refractivity contribution in [2.45, 2.75) is 31.1 Å². The molecule has 0 unspecified atom stereocenters. The second-order valence-electron chi connectivity index (χ2n) is 7.82. The van der Waals surface area contributed by atoms with Crippen LogP contribution in [0.15, 0.2) is 49.2 Å². The van der Waals surface area contributed by atoms with Crippen molar-refractivity contribution in [3.8, 4) is 11.4 Å². The van der Waals surface area contributed by atoms with E-state index in [4.69, 9.17) is 16.3 Å². The number of hydrogen-bond donors (Lipinski definition) is 4. The minimum Gasteiger partial charge on any atom is -0.387 e. The molecule has 5 heterocycles. The van der Waals surface area contributed by atoms with Gasteiger partial charge in [0.1, 0.15) is 12.2 Å². The Kier molecular flexibility index (Phi) is 6.26. The molecule has 13 heteroatoms. The van der Waals surface area contributed by atoms with Gasteiger partial charge in [-0.2, -0.15) is 0 Å². The Bertz CT molecular complexity index is 1370. The molecule has 0 saturated carbocycles. The summed E-state index contributed by atoms with van der Waals surface area (Å²) in [7, 11) is 1.42. The second-order valence-corrected chi connectivity index (χ2v) is 8.26. The number of amides is 1. The number of aliphatic hydroxyl groups is 2. The number of imidazole rings is 1. The van der Waals surface area contributed by atoms with Crippen LogP contribution in [-0.2, 0) is 16.1 Å². The SMILES string of the molecule is CNC(=O)[C@H]1O[C@@H](n2cnc3c(NCc4cc(Cl)ccn4)nc(-c4cccnc4)nc32)[C@H](O)[C@@H]1O. The van der Waals surface area contributed by atoms with Crippen molar-refractivity contribution in [3.63, 3.8) is 0 Å². The number of anilines is 1. The van der Waals surface area contributed by atoms with Crippen molar-refractivity contribution < 1.29 is 19.7 Å². The van der Waals surface area contributed by atoms with Crippen LogP contribution >= 0.6 is 11.6 Å². The van der Waals surface area contributed by atoms with E-state index in [-0.39, 0.29) is 0 Å². The molecule has 0 spiro atoms. The highest BCUT2D eigenvalue weighted by Gasteiger charge is 2.47. The molecule has 1 amide bonds. The zero-order chi connectivity index (χ0) is 24.5. The average Bonchev–Trinajstić information content (AvgIpc) is 3.43. The lowest BCUT2D eigenvalue weighted by Gasteiger charge is -2.17. The average molecular weight is 497 g/mol.